The van der Waals surface area contributed by atoms with Crippen LogP contribution < -0.4 is 15.4 Å². The summed E-state index contributed by atoms with van der Waals surface area (Å²) in [5, 5.41) is 5.62. The van der Waals surface area contributed by atoms with Crippen molar-refractivity contribution >= 4 is 23.2 Å². The molecule has 3 aromatic rings. The zero-order chi connectivity index (χ0) is 20.9. The maximum absolute atomic E-state index is 12.8. The molecule has 1 heterocycles. The lowest BCUT2D eigenvalue weighted by Gasteiger charge is -2.13. The first-order valence-corrected chi connectivity index (χ1v) is 9.60. The van der Waals surface area contributed by atoms with Crippen LogP contribution in [-0.4, -0.2) is 30.8 Å². The van der Waals surface area contributed by atoms with Gasteiger partial charge in [-0.15, -0.1) is 0 Å². The van der Waals surface area contributed by atoms with Gasteiger partial charge in [0, 0.05) is 11.1 Å². The molecular weight excluding hydrogens is 378 g/mol. The van der Waals surface area contributed by atoms with E-state index < -0.39 is 6.17 Å². The van der Waals surface area contributed by atoms with Gasteiger partial charge in [-0.3, -0.25) is 9.59 Å². The van der Waals surface area contributed by atoms with Crippen molar-refractivity contribution in [3.63, 3.8) is 0 Å². The fourth-order valence-electron chi connectivity index (χ4n) is 3.31. The largest absolute Gasteiger partial charge is 0.497 e. The number of rotatable bonds is 5. The van der Waals surface area contributed by atoms with Crippen LogP contribution in [0.1, 0.15) is 16.7 Å². The van der Waals surface area contributed by atoms with Crippen molar-refractivity contribution in [3.05, 3.63) is 95.6 Å². The molecule has 0 saturated carbocycles. The maximum Gasteiger partial charge on any atom is 0.269 e. The molecule has 0 radical (unpaired) electrons. The minimum atomic E-state index is -1.03. The lowest BCUT2D eigenvalue weighted by atomic mass is 10.0. The number of anilines is 1. The second kappa shape index (κ2) is 8.61. The number of nitrogens with one attached hydrogen (secondary N) is 2. The van der Waals surface area contributed by atoms with Crippen LogP contribution in [0, 0.1) is 0 Å². The lowest BCUT2D eigenvalue weighted by molar-refractivity contribution is -0.125. The predicted molar refractivity (Wildman–Crippen MR) is 116 cm³/mol. The van der Waals surface area contributed by atoms with Gasteiger partial charge in [-0.1, -0.05) is 60.7 Å². The van der Waals surface area contributed by atoms with E-state index >= 15 is 0 Å². The van der Waals surface area contributed by atoms with Gasteiger partial charge in [0.15, 0.2) is 0 Å². The van der Waals surface area contributed by atoms with Crippen molar-refractivity contribution in [2.75, 3.05) is 12.4 Å². The zero-order valence-corrected chi connectivity index (χ0v) is 16.5. The highest BCUT2D eigenvalue weighted by atomic mass is 16.5. The number of nitrogens with zero attached hydrogens (tertiary/aromatic N) is 1. The van der Waals surface area contributed by atoms with E-state index in [2.05, 4.69) is 15.6 Å². The molecule has 2 N–H and O–H groups in total. The Hall–Kier alpha value is -3.93. The molecule has 2 amide bonds. The fraction of sp³-hybridized carbons (Fsp3) is 0.125. The number of carbonyl (C=O) groups excluding carboxylic acids is 2. The van der Waals surface area contributed by atoms with Crippen LogP contribution in [0.15, 0.2) is 83.9 Å². The molecule has 6 nitrogen and oxygen atoms in total. The molecule has 0 spiro atoms. The Balaban J connectivity index is 1.60. The van der Waals surface area contributed by atoms with Gasteiger partial charge in [0.25, 0.3) is 5.91 Å². The molecule has 0 fully saturated rings. The molecule has 0 aliphatic carbocycles. The topological polar surface area (TPSA) is 79.8 Å². The minimum absolute atomic E-state index is 0.136. The molecule has 30 heavy (non-hydrogen) atoms. The molecule has 3 aromatic carbocycles. The normalized spacial score (nSPS) is 15.3. The molecule has 0 bridgehead atoms. The van der Waals surface area contributed by atoms with Gasteiger partial charge < -0.3 is 15.4 Å². The summed E-state index contributed by atoms with van der Waals surface area (Å²) in [5.74, 6) is 0.0519. The molecule has 0 aromatic heterocycles. The number of carbonyl (C=O) groups is 2. The third-order valence-corrected chi connectivity index (χ3v) is 4.82. The third kappa shape index (κ3) is 4.22. The van der Waals surface area contributed by atoms with Gasteiger partial charge in [-0.25, -0.2) is 4.99 Å². The van der Waals surface area contributed by atoms with E-state index in [4.69, 9.17) is 4.74 Å². The molecule has 1 atom stereocenters. The SMILES string of the molecule is COc1ccc(CC(=O)NC2N=C(c3ccccc3)c3ccccc3NC2=O)cc1. The predicted octanol–water partition coefficient (Wildman–Crippen LogP) is 3.17. The van der Waals surface area contributed by atoms with Gasteiger partial charge >= 0.3 is 0 Å². The highest BCUT2D eigenvalue weighted by Gasteiger charge is 2.26. The zero-order valence-electron chi connectivity index (χ0n) is 16.5. The Labute approximate surface area is 174 Å². The monoisotopic (exact) mass is 399 g/mol. The number of hydrogen-bond donors (Lipinski definition) is 2. The van der Waals surface area contributed by atoms with E-state index in [1.165, 1.54) is 0 Å². The van der Waals surface area contributed by atoms with E-state index in [1.54, 1.807) is 19.2 Å². The summed E-state index contributed by atoms with van der Waals surface area (Å²) in [5.41, 5.74) is 3.81. The van der Waals surface area contributed by atoms with Crippen LogP contribution >= 0.6 is 0 Å². The standard InChI is InChI=1S/C24H21N3O3/c1-30-18-13-11-16(12-14-18)15-21(28)26-23-24(29)25-20-10-6-5-9-19(20)22(27-23)17-7-3-2-4-8-17/h2-14,23H,15H2,1H3,(H,25,29)(H,26,28). The lowest BCUT2D eigenvalue weighted by Crippen LogP contribution is -2.43. The first-order valence-electron chi connectivity index (χ1n) is 9.60. The number of methoxy groups -OCH3 is 1. The van der Waals surface area contributed by atoms with Crippen LogP contribution in [0.25, 0.3) is 0 Å². The second-order valence-corrected chi connectivity index (χ2v) is 6.87. The number of fused-ring (bicyclic) bond motifs is 1. The van der Waals surface area contributed by atoms with E-state index in [0.717, 1.165) is 22.4 Å². The summed E-state index contributed by atoms with van der Waals surface area (Å²) in [4.78, 5) is 30.0. The van der Waals surface area contributed by atoms with Gasteiger partial charge in [-0.2, -0.15) is 0 Å². The number of para-hydroxylation sites is 1. The van der Waals surface area contributed by atoms with Crippen molar-refractivity contribution < 1.29 is 14.3 Å². The summed E-state index contributed by atoms with van der Waals surface area (Å²) in [6, 6.07) is 24.3. The summed E-state index contributed by atoms with van der Waals surface area (Å²) in [7, 11) is 1.59. The molecule has 1 unspecified atom stereocenters. The van der Waals surface area contributed by atoms with Crippen LogP contribution in [-0.2, 0) is 16.0 Å². The smallest absolute Gasteiger partial charge is 0.269 e. The van der Waals surface area contributed by atoms with Crippen molar-refractivity contribution in [2.45, 2.75) is 12.6 Å². The molecular formula is C24H21N3O3. The van der Waals surface area contributed by atoms with Gasteiger partial charge in [0.1, 0.15) is 5.75 Å². The molecule has 0 saturated heterocycles. The summed E-state index contributed by atoms with van der Waals surface area (Å²) < 4.78 is 5.14. The summed E-state index contributed by atoms with van der Waals surface area (Å²) >= 11 is 0. The number of hydrogen-bond acceptors (Lipinski definition) is 4. The Morgan fingerprint density at radius 2 is 1.70 bits per heavy atom. The van der Waals surface area contributed by atoms with E-state index in [0.29, 0.717) is 11.4 Å². The van der Waals surface area contributed by atoms with Crippen molar-refractivity contribution in [1.82, 2.24) is 5.32 Å². The Bertz CT molecular complexity index is 1090. The second-order valence-electron chi connectivity index (χ2n) is 6.87. The summed E-state index contributed by atoms with van der Waals surface area (Å²) in [6.07, 6.45) is -0.893. The maximum atomic E-state index is 12.8. The summed E-state index contributed by atoms with van der Waals surface area (Å²) in [6.45, 7) is 0. The van der Waals surface area contributed by atoms with E-state index in [9.17, 15) is 9.59 Å². The molecule has 1 aliphatic heterocycles. The Morgan fingerprint density at radius 3 is 2.43 bits per heavy atom. The Morgan fingerprint density at radius 1 is 1.00 bits per heavy atom. The van der Waals surface area contributed by atoms with Crippen molar-refractivity contribution in [3.8, 4) is 5.75 Å². The highest BCUT2D eigenvalue weighted by molar-refractivity contribution is 6.19. The third-order valence-electron chi connectivity index (χ3n) is 4.82. The van der Waals surface area contributed by atoms with Crippen LogP contribution in [0.3, 0.4) is 0 Å². The minimum Gasteiger partial charge on any atom is -0.497 e. The van der Waals surface area contributed by atoms with E-state index in [-0.39, 0.29) is 18.2 Å². The first kappa shape index (κ1) is 19.4. The number of amides is 2. The molecule has 150 valence electrons. The van der Waals surface area contributed by atoms with Crippen molar-refractivity contribution in [2.24, 2.45) is 4.99 Å². The highest BCUT2D eigenvalue weighted by Crippen LogP contribution is 2.23. The molecule has 6 heteroatoms. The molecule has 4 rings (SSSR count). The van der Waals surface area contributed by atoms with Gasteiger partial charge in [-0.05, 0) is 23.8 Å². The average Bonchev–Trinajstić information content (AvgIpc) is 2.91. The van der Waals surface area contributed by atoms with Crippen molar-refractivity contribution in [1.29, 1.82) is 0 Å². The first-order chi connectivity index (χ1) is 14.6. The number of aliphatic imine (C=N–C) groups is 1. The van der Waals surface area contributed by atoms with Crippen LogP contribution in [0.4, 0.5) is 5.69 Å². The van der Waals surface area contributed by atoms with Crippen LogP contribution in [0.2, 0.25) is 0 Å². The average molecular weight is 399 g/mol. The fourth-order valence-corrected chi connectivity index (χ4v) is 3.31. The quantitative estimate of drug-likeness (QED) is 0.692. The number of benzene rings is 3. The van der Waals surface area contributed by atoms with Crippen LogP contribution in [0.5, 0.6) is 5.75 Å². The number of ether oxygens (including phenoxy) is 1. The van der Waals surface area contributed by atoms with E-state index in [1.807, 2.05) is 66.7 Å². The van der Waals surface area contributed by atoms with Gasteiger partial charge in [0.05, 0.1) is 24.9 Å². The molecule has 1 aliphatic rings. The van der Waals surface area contributed by atoms with Gasteiger partial charge in [0.2, 0.25) is 12.1 Å². The Kier molecular flexibility index (Phi) is 5.57. The number of benzodiazepines with no additional fused rings is 1.